The summed E-state index contributed by atoms with van der Waals surface area (Å²) in [5, 5.41) is 0.117. The van der Waals surface area contributed by atoms with Gasteiger partial charge in [-0.05, 0) is 61.4 Å². The fourth-order valence-electron chi connectivity index (χ4n) is 3.26. The van der Waals surface area contributed by atoms with Crippen LogP contribution in [-0.4, -0.2) is 8.42 Å². The first kappa shape index (κ1) is 18.4. The third-order valence-electron chi connectivity index (χ3n) is 4.62. The maximum atomic E-state index is 13.9. The van der Waals surface area contributed by atoms with Gasteiger partial charge in [0.15, 0.2) is 0 Å². The molecule has 0 amide bonds. The first-order valence-electron chi connectivity index (χ1n) is 8.40. The van der Waals surface area contributed by atoms with Gasteiger partial charge in [0.2, 0.25) is 10.0 Å². The van der Waals surface area contributed by atoms with E-state index in [-0.39, 0.29) is 16.6 Å². The van der Waals surface area contributed by atoms with Crippen molar-refractivity contribution in [1.82, 2.24) is 4.72 Å². The van der Waals surface area contributed by atoms with Crippen molar-refractivity contribution in [3.05, 3.63) is 69.5 Å². The SMILES string of the molecule is C[C@@H](NS(=O)(=O)Cc1c(F)cccc1Cl)c1ccc2c(c1)CCCC2. The lowest BCUT2D eigenvalue weighted by molar-refractivity contribution is 0.561. The molecule has 1 N–H and O–H groups in total. The molecule has 1 aliphatic rings. The molecule has 0 saturated heterocycles. The Bertz CT molecular complexity index is 863. The molecule has 2 aromatic rings. The number of sulfonamides is 1. The first-order chi connectivity index (χ1) is 11.9. The van der Waals surface area contributed by atoms with E-state index in [9.17, 15) is 12.8 Å². The number of fused-ring (bicyclic) bond motifs is 1. The summed E-state index contributed by atoms with van der Waals surface area (Å²) in [4.78, 5) is 0. The summed E-state index contributed by atoms with van der Waals surface area (Å²) in [6, 6.07) is 9.90. The van der Waals surface area contributed by atoms with E-state index in [0.717, 1.165) is 18.4 Å². The van der Waals surface area contributed by atoms with Crippen LogP contribution in [0.15, 0.2) is 36.4 Å². The number of halogens is 2. The van der Waals surface area contributed by atoms with Crippen molar-refractivity contribution >= 4 is 21.6 Å². The molecule has 0 fully saturated rings. The lowest BCUT2D eigenvalue weighted by atomic mass is 9.89. The highest BCUT2D eigenvalue weighted by Gasteiger charge is 2.21. The van der Waals surface area contributed by atoms with E-state index in [1.165, 1.54) is 42.2 Å². The smallest absolute Gasteiger partial charge is 0.212 e. The second-order valence-corrected chi connectivity index (χ2v) is 8.70. The molecule has 0 aromatic heterocycles. The number of rotatable bonds is 5. The summed E-state index contributed by atoms with van der Waals surface area (Å²) in [5.74, 6) is -1.09. The zero-order valence-electron chi connectivity index (χ0n) is 14.1. The third-order valence-corrected chi connectivity index (χ3v) is 6.36. The average Bonchev–Trinajstić information content (AvgIpc) is 2.57. The molecule has 1 atom stereocenters. The largest absolute Gasteiger partial charge is 0.216 e. The second kappa shape index (κ2) is 7.44. The molecule has 3 nitrogen and oxygen atoms in total. The molecule has 25 heavy (non-hydrogen) atoms. The highest BCUT2D eigenvalue weighted by Crippen LogP contribution is 2.26. The predicted octanol–water partition coefficient (Wildman–Crippen LogP) is 4.54. The van der Waals surface area contributed by atoms with Crippen molar-refractivity contribution in [2.24, 2.45) is 0 Å². The zero-order valence-corrected chi connectivity index (χ0v) is 15.6. The quantitative estimate of drug-likeness (QED) is 0.826. The van der Waals surface area contributed by atoms with Gasteiger partial charge >= 0.3 is 0 Å². The van der Waals surface area contributed by atoms with Gasteiger partial charge < -0.3 is 0 Å². The van der Waals surface area contributed by atoms with Gasteiger partial charge in [0, 0.05) is 16.6 Å². The van der Waals surface area contributed by atoms with Gasteiger partial charge in [-0.25, -0.2) is 17.5 Å². The standard InChI is InChI=1S/C19H21ClFNO2S/c1-13(15-10-9-14-5-2-3-6-16(14)11-15)22-25(23,24)12-17-18(20)7-4-8-19(17)21/h4,7-11,13,22H,2-3,5-6,12H2,1H3/t13-/m1/s1. The Kier molecular flexibility index (Phi) is 5.46. The van der Waals surface area contributed by atoms with Crippen molar-refractivity contribution in [1.29, 1.82) is 0 Å². The van der Waals surface area contributed by atoms with Crippen molar-refractivity contribution in [3.8, 4) is 0 Å². The van der Waals surface area contributed by atoms with Crippen LogP contribution >= 0.6 is 11.6 Å². The monoisotopic (exact) mass is 381 g/mol. The van der Waals surface area contributed by atoms with Crippen molar-refractivity contribution < 1.29 is 12.8 Å². The van der Waals surface area contributed by atoms with E-state index in [1.54, 1.807) is 6.92 Å². The highest BCUT2D eigenvalue weighted by molar-refractivity contribution is 7.88. The molecule has 6 heteroatoms. The zero-order chi connectivity index (χ0) is 18.0. The summed E-state index contributed by atoms with van der Waals surface area (Å²) in [6.07, 6.45) is 4.50. The van der Waals surface area contributed by atoms with Crippen molar-refractivity contribution in [2.45, 2.75) is 44.4 Å². The van der Waals surface area contributed by atoms with Crippen LogP contribution in [0, 0.1) is 5.82 Å². The average molecular weight is 382 g/mol. The maximum absolute atomic E-state index is 13.9. The Balaban J connectivity index is 1.76. The van der Waals surface area contributed by atoms with Crippen LogP contribution in [0.4, 0.5) is 4.39 Å². The second-order valence-electron chi connectivity index (χ2n) is 6.53. The molecule has 3 rings (SSSR count). The fraction of sp³-hybridized carbons (Fsp3) is 0.368. The number of hydrogen-bond acceptors (Lipinski definition) is 2. The van der Waals surface area contributed by atoms with Crippen LogP contribution in [0.5, 0.6) is 0 Å². The molecular weight excluding hydrogens is 361 g/mol. The minimum atomic E-state index is -3.72. The van der Waals surface area contributed by atoms with Crippen LogP contribution in [0.3, 0.4) is 0 Å². The minimum absolute atomic E-state index is 0.00527. The van der Waals surface area contributed by atoms with E-state index in [2.05, 4.69) is 16.9 Å². The van der Waals surface area contributed by atoms with Crippen molar-refractivity contribution in [3.63, 3.8) is 0 Å². The molecule has 0 heterocycles. The number of aryl methyl sites for hydroxylation is 2. The van der Waals surface area contributed by atoms with Gasteiger partial charge in [-0.1, -0.05) is 35.9 Å². The highest BCUT2D eigenvalue weighted by atomic mass is 35.5. The summed E-state index contributed by atoms with van der Waals surface area (Å²) in [7, 11) is -3.72. The minimum Gasteiger partial charge on any atom is -0.212 e. The van der Waals surface area contributed by atoms with Gasteiger partial charge in [0.1, 0.15) is 5.82 Å². The van der Waals surface area contributed by atoms with Crippen LogP contribution in [-0.2, 0) is 28.6 Å². The van der Waals surface area contributed by atoms with Gasteiger partial charge in [0.05, 0.1) is 5.75 Å². The summed E-state index contributed by atoms with van der Waals surface area (Å²) in [5.41, 5.74) is 3.56. The van der Waals surface area contributed by atoms with Gasteiger partial charge in [-0.15, -0.1) is 0 Å². The predicted molar refractivity (Wildman–Crippen MR) is 98.7 cm³/mol. The Morgan fingerprint density at radius 3 is 2.60 bits per heavy atom. The Hall–Kier alpha value is -1.43. The van der Waals surface area contributed by atoms with Crippen molar-refractivity contribution in [2.75, 3.05) is 0 Å². The molecule has 0 spiro atoms. The van der Waals surface area contributed by atoms with E-state index < -0.39 is 21.6 Å². The first-order valence-corrected chi connectivity index (χ1v) is 10.4. The number of hydrogen-bond donors (Lipinski definition) is 1. The Morgan fingerprint density at radius 2 is 1.88 bits per heavy atom. The Labute approximate surface area is 153 Å². The van der Waals surface area contributed by atoms with Gasteiger partial charge in [-0.2, -0.15) is 0 Å². The molecular formula is C19H21ClFNO2S. The normalized spacial score (nSPS) is 15.6. The van der Waals surface area contributed by atoms with Gasteiger partial charge in [-0.3, -0.25) is 0 Å². The molecule has 0 radical (unpaired) electrons. The molecule has 2 aromatic carbocycles. The molecule has 0 aliphatic heterocycles. The maximum Gasteiger partial charge on any atom is 0.216 e. The van der Waals surface area contributed by atoms with Crippen LogP contribution < -0.4 is 4.72 Å². The van der Waals surface area contributed by atoms with Gasteiger partial charge in [0.25, 0.3) is 0 Å². The van der Waals surface area contributed by atoms with E-state index in [4.69, 9.17) is 11.6 Å². The summed E-state index contributed by atoms with van der Waals surface area (Å²) < 4.78 is 41.4. The van der Waals surface area contributed by atoms with E-state index >= 15 is 0 Å². The summed E-state index contributed by atoms with van der Waals surface area (Å²) >= 11 is 5.94. The summed E-state index contributed by atoms with van der Waals surface area (Å²) in [6.45, 7) is 1.80. The molecule has 0 saturated carbocycles. The molecule has 1 aliphatic carbocycles. The topological polar surface area (TPSA) is 46.2 Å². The number of benzene rings is 2. The van der Waals surface area contributed by atoms with Crippen LogP contribution in [0.25, 0.3) is 0 Å². The lowest BCUT2D eigenvalue weighted by Gasteiger charge is -2.20. The third kappa shape index (κ3) is 4.40. The lowest BCUT2D eigenvalue weighted by Crippen LogP contribution is -2.28. The Morgan fingerprint density at radius 1 is 1.16 bits per heavy atom. The fourth-order valence-corrected chi connectivity index (χ4v) is 5.00. The van der Waals surface area contributed by atoms with E-state index in [0.29, 0.717) is 0 Å². The molecule has 0 unspecified atom stereocenters. The number of nitrogens with one attached hydrogen (secondary N) is 1. The van der Waals surface area contributed by atoms with Crippen LogP contribution in [0.2, 0.25) is 5.02 Å². The molecule has 134 valence electrons. The van der Waals surface area contributed by atoms with E-state index in [1.807, 2.05) is 6.07 Å². The van der Waals surface area contributed by atoms with Crippen LogP contribution in [0.1, 0.15) is 48.1 Å². The molecule has 0 bridgehead atoms.